The van der Waals surface area contributed by atoms with E-state index in [-0.39, 0.29) is 11.4 Å². The SMILES string of the molecule is CCN1c2cc(C)ccc2-n2cccc2C12CCN(C(=O)c1cccs1)CC2. The zero-order chi connectivity index (χ0) is 19.3. The molecule has 4 nitrogen and oxygen atoms in total. The quantitative estimate of drug-likeness (QED) is 0.627. The van der Waals surface area contributed by atoms with Crippen molar-refractivity contribution in [3.05, 3.63) is 70.2 Å². The summed E-state index contributed by atoms with van der Waals surface area (Å²) < 4.78 is 2.36. The summed E-state index contributed by atoms with van der Waals surface area (Å²) in [5, 5.41) is 1.98. The highest BCUT2D eigenvalue weighted by molar-refractivity contribution is 7.12. The van der Waals surface area contributed by atoms with E-state index in [4.69, 9.17) is 0 Å². The fraction of sp³-hybridized carbons (Fsp3) is 0.348. The number of hydrogen-bond acceptors (Lipinski definition) is 3. The van der Waals surface area contributed by atoms with Gasteiger partial charge >= 0.3 is 0 Å². The molecule has 1 fully saturated rings. The number of benzene rings is 1. The first-order valence-corrected chi connectivity index (χ1v) is 10.9. The molecule has 0 saturated carbocycles. The lowest BCUT2D eigenvalue weighted by Crippen LogP contribution is -2.56. The van der Waals surface area contributed by atoms with Crippen LogP contribution in [0, 0.1) is 6.92 Å². The van der Waals surface area contributed by atoms with Crippen LogP contribution in [-0.2, 0) is 5.54 Å². The molecule has 5 heteroatoms. The molecule has 0 unspecified atom stereocenters. The van der Waals surface area contributed by atoms with Gasteiger partial charge in [0.05, 0.1) is 21.8 Å². The fourth-order valence-electron chi connectivity index (χ4n) is 5.03. The number of fused-ring (bicyclic) bond motifs is 4. The first kappa shape index (κ1) is 17.6. The highest BCUT2D eigenvalue weighted by atomic mass is 32.1. The number of carbonyl (C=O) groups excluding carboxylic acids is 1. The van der Waals surface area contributed by atoms with Gasteiger partial charge in [0, 0.05) is 31.5 Å². The van der Waals surface area contributed by atoms with Crippen molar-refractivity contribution in [1.29, 1.82) is 0 Å². The van der Waals surface area contributed by atoms with E-state index >= 15 is 0 Å². The van der Waals surface area contributed by atoms with Gasteiger partial charge in [-0.3, -0.25) is 4.79 Å². The Morgan fingerprint density at radius 1 is 1.11 bits per heavy atom. The Hall–Kier alpha value is -2.53. The van der Waals surface area contributed by atoms with Crippen LogP contribution in [0.4, 0.5) is 5.69 Å². The number of aromatic nitrogens is 1. The van der Waals surface area contributed by atoms with E-state index in [0.717, 1.165) is 37.4 Å². The monoisotopic (exact) mass is 391 g/mol. The van der Waals surface area contributed by atoms with Gasteiger partial charge in [-0.15, -0.1) is 11.3 Å². The van der Waals surface area contributed by atoms with E-state index in [0.29, 0.717) is 0 Å². The fourth-order valence-corrected chi connectivity index (χ4v) is 5.72. The van der Waals surface area contributed by atoms with Gasteiger partial charge in [-0.2, -0.15) is 0 Å². The Morgan fingerprint density at radius 2 is 1.93 bits per heavy atom. The normalized spacial score (nSPS) is 17.5. The van der Waals surface area contributed by atoms with Gasteiger partial charge in [0.2, 0.25) is 0 Å². The van der Waals surface area contributed by atoms with Gasteiger partial charge in [-0.1, -0.05) is 12.1 Å². The molecule has 4 heterocycles. The minimum absolute atomic E-state index is 0.0503. The lowest BCUT2D eigenvalue weighted by Gasteiger charge is -2.53. The third kappa shape index (κ3) is 2.46. The molecular weight excluding hydrogens is 366 g/mol. The molecule has 2 aliphatic heterocycles. The summed E-state index contributed by atoms with van der Waals surface area (Å²) in [6, 6.07) is 15.0. The van der Waals surface area contributed by atoms with Crippen molar-refractivity contribution >= 4 is 22.9 Å². The zero-order valence-corrected chi connectivity index (χ0v) is 17.2. The third-order valence-corrected chi connectivity index (χ3v) is 7.21. The van der Waals surface area contributed by atoms with Crippen molar-refractivity contribution in [1.82, 2.24) is 9.47 Å². The Labute approximate surface area is 170 Å². The second-order valence-corrected chi connectivity index (χ2v) is 8.75. The van der Waals surface area contributed by atoms with Crippen molar-refractivity contribution in [3.8, 4) is 5.69 Å². The molecule has 144 valence electrons. The number of likely N-dealkylation sites (tertiary alicyclic amines) is 1. The summed E-state index contributed by atoms with van der Waals surface area (Å²) >= 11 is 1.53. The Bertz CT molecular complexity index is 1010. The van der Waals surface area contributed by atoms with Crippen LogP contribution in [0.15, 0.2) is 54.0 Å². The highest BCUT2D eigenvalue weighted by Crippen LogP contribution is 2.48. The molecule has 1 saturated heterocycles. The van der Waals surface area contributed by atoms with Crippen molar-refractivity contribution in [2.24, 2.45) is 0 Å². The summed E-state index contributed by atoms with van der Waals surface area (Å²) in [6.45, 7) is 6.95. The van der Waals surface area contributed by atoms with Crippen molar-refractivity contribution in [3.63, 3.8) is 0 Å². The number of hydrogen-bond donors (Lipinski definition) is 0. The summed E-state index contributed by atoms with van der Waals surface area (Å²) in [4.78, 5) is 18.3. The van der Waals surface area contributed by atoms with E-state index in [9.17, 15) is 4.79 Å². The van der Waals surface area contributed by atoms with Crippen molar-refractivity contribution < 1.29 is 4.79 Å². The molecule has 0 N–H and O–H groups in total. The number of piperidine rings is 1. The lowest BCUT2D eigenvalue weighted by molar-refractivity contribution is 0.0661. The summed E-state index contributed by atoms with van der Waals surface area (Å²) in [5.74, 6) is 0.176. The Morgan fingerprint density at radius 3 is 2.64 bits per heavy atom. The Kier molecular flexibility index (Phi) is 4.09. The molecule has 5 rings (SSSR count). The Balaban J connectivity index is 1.52. The zero-order valence-electron chi connectivity index (χ0n) is 16.4. The van der Waals surface area contributed by atoms with Crippen LogP contribution < -0.4 is 4.90 Å². The topological polar surface area (TPSA) is 28.5 Å². The van der Waals surface area contributed by atoms with Crippen LogP contribution in [0.25, 0.3) is 5.69 Å². The number of rotatable bonds is 2. The standard InChI is InChI=1S/C23H25N3OS/c1-3-26-19-16-17(2)8-9-18(19)25-12-4-7-21(25)23(26)10-13-24(14-11-23)22(27)20-6-5-15-28-20/h4-9,12,15-16H,3,10-11,13-14H2,1-2H3. The highest BCUT2D eigenvalue weighted by Gasteiger charge is 2.47. The van der Waals surface area contributed by atoms with Gasteiger partial charge in [-0.05, 0) is 68.0 Å². The molecule has 2 aliphatic rings. The maximum absolute atomic E-state index is 12.8. The number of amides is 1. The number of thiophene rings is 1. The molecule has 2 aromatic heterocycles. The molecule has 3 aromatic rings. The van der Waals surface area contributed by atoms with Crippen LogP contribution in [-0.4, -0.2) is 35.0 Å². The molecule has 0 atom stereocenters. The molecule has 1 amide bonds. The predicted octanol–water partition coefficient (Wildman–Crippen LogP) is 4.82. The van der Waals surface area contributed by atoms with Crippen LogP contribution in [0.3, 0.4) is 0 Å². The minimum Gasteiger partial charge on any atom is -0.359 e. The molecule has 0 radical (unpaired) electrons. The molecule has 0 aliphatic carbocycles. The van der Waals surface area contributed by atoms with Crippen molar-refractivity contribution in [2.45, 2.75) is 32.2 Å². The maximum atomic E-state index is 12.8. The summed E-state index contributed by atoms with van der Waals surface area (Å²) in [5.41, 5.74) is 5.16. The van der Waals surface area contributed by atoms with Crippen LogP contribution in [0.2, 0.25) is 0 Å². The molecule has 1 aromatic carbocycles. The first-order chi connectivity index (χ1) is 13.6. The second kappa shape index (κ2) is 6.52. The first-order valence-electron chi connectivity index (χ1n) is 10.0. The van der Waals surface area contributed by atoms with E-state index < -0.39 is 0 Å². The van der Waals surface area contributed by atoms with Crippen molar-refractivity contribution in [2.75, 3.05) is 24.5 Å². The minimum atomic E-state index is -0.0503. The average Bonchev–Trinajstić information content (AvgIpc) is 3.41. The summed E-state index contributed by atoms with van der Waals surface area (Å²) in [7, 11) is 0. The second-order valence-electron chi connectivity index (χ2n) is 7.80. The van der Waals surface area contributed by atoms with Gasteiger partial charge in [0.15, 0.2) is 0 Å². The molecule has 0 bridgehead atoms. The molecule has 28 heavy (non-hydrogen) atoms. The number of nitrogens with zero attached hydrogens (tertiary/aromatic N) is 3. The smallest absolute Gasteiger partial charge is 0.263 e. The van der Waals surface area contributed by atoms with E-state index in [2.05, 4.69) is 59.8 Å². The van der Waals surface area contributed by atoms with Gasteiger partial charge in [-0.25, -0.2) is 0 Å². The van der Waals surface area contributed by atoms with E-state index in [1.165, 1.54) is 34.0 Å². The lowest BCUT2D eigenvalue weighted by atomic mass is 9.80. The maximum Gasteiger partial charge on any atom is 0.263 e. The van der Waals surface area contributed by atoms with Gasteiger partial charge in [0.1, 0.15) is 0 Å². The largest absolute Gasteiger partial charge is 0.359 e. The average molecular weight is 392 g/mol. The van der Waals surface area contributed by atoms with Gasteiger partial charge in [0.25, 0.3) is 5.91 Å². The van der Waals surface area contributed by atoms with Crippen LogP contribution in [0.1, 0.15) is 40.7 Å². The van der Waals surface area contributed by atoms with Crippen LogP contribution >= 0.6 is 11.3 Å². The van der Waals surface area contributed by atoms with Gasteiger partial charge < -0.3 is 14.4 Å². The molecule has 1 spiro atoms. The number of carbonyl (C=O) groups is 1. The number of anilines is 1. The number of aryl methyl sites for hydroxylation is 1. The van der Waals surface area contributed by atoms with Crippen LogP contribution in [0.5, 0.6) is 0 Å². The predicted molar refractivity (Wildman–Crippen MR) is 115 cm³/mol. The summed E-state index contributed by atoms with van der Waals surface area (Å²) in [6.07, 6.45) is 4.09. The third-order valence-electron chi connectivity index (χ3n) is 6.35. The molecular formula is C23H25N3OS. The van der Waals surface area contributed by atoms with E-state index in [1.807, 2.05) is 22.4 Å². The van der Waals surface area contributed by atoms with E-state index in [1.54, 1.807) is 0 Å².